The lowest BCUT2D eigenvalue weighted by Crippen LogP contribution is -2.05. The van der Waals surface area contributed by atoms with Crippen LogP contribution in [0.25, 0.3) is 0 Å². The Labute approximate surface area is 73.3 Å². The first kappa shape index (κ1) is 9.23. The van der Waals surface area contributed by atoms with Gasteiger partial charge in [-0.1, -0.05) is 18.2 Å². The molecule has 0 aromatic heterocycles. The summed E-state index contributed by atoms with van der Waals surface area (Å²) in [5, 5.41) is 0. The van der Waals surface area contributed by atoms with Crippen LogP contribution in [-0.2, 0) is 4.84 Å². The van der Waals surface area contributed by atoms with Gasteiger partial charge in [0.15, 0.2) is 0 Å². The molecule has 2 heteroatoms. The largest absolute Gasteiger partial charge is 0.297 e. The zero-order valence-corrected chi connectivity index (χ0v) is 7.79. The van der Waals surface area contributed by atoms with Crippen molar-refractivity contribution in [3.05, 3.63) is 34.9 Å². The van der Waals surface area contributed by atoms with E-state index in [1.54, 1.807) is 0 Å². The molecule has 0 aliphatic rings. The molecule has 12 heavy (non-hydrogen) atoms. The van der Waals surface area contributed by atoms with Crippen molar-refractivity contribution < 1.29 is 4.84 Å². The lowest BCUT2D eigenvalue weighted by molar-refractivity contribution is 0.0664. The van der Waals surface area contributed by atoms with Crippen molar-refractivity contribution in [1.82, 2.24) is 0 Å². The first-order chi connectivity index (χ1) is 5.65. The summed E-state index contributed by atoms with van der Waals surface area (Å²) in [5.41, 5.74) is 3.69. The quantitative estimate of drug-likeness (QED) is 0.682. The van der Waals surface area contributed by atoms with E-state index >= 15 is 0 Å². The van der Waals surface area contributed by atoms with E-state index in [0.717, 1.165) is 5.56 Å². The maximum atomic E-state index is 5.09. The molecule has 1 rings (SSSR count). The monoisotopic (exact) mass is 165 g/mol. The van der Waals surface area contributed by atoms with E-state index in [0.29, 0.717) is 0 Å². The summed E-state index contributed by atoms with van der Waals surface area (Å²) in [5.74, 6) is 5.09. The van der Waals surface area contributed by atoms with Crippen LogP contribution in [0.2, 0.25) is 0 Å². The van der Waals surface area contributed by atoms with Crippen LogP contribution in [-0.4, -0.2) is 0 Å². The van der Waals surface area contributed by atoms with Crippen LogP contribution < -0.4 is 5.90 Å². The van der Waals surface area contributed by atoms with E-state index in [4.69, 9.17) is 10.7 Å². The molecule has 0 radical (unpaired) electrons. The summed E-state index contributed by atoms with van der Waals surface area (Å²) < 4.78 is 0. The normalized spacial score (nSPS) is 13.0. The second kappa shape index (κ2) is 3.70. The van der Waals surface area contributed by atoms with Crippen molar-refractivity contribution in [2.24, 2.45) is 5.90 Å². The van der Waals surface area contributed by atoms with Gasteiger partial charge in [0.25, 0.3) is 0 Å². The van der Waals surface area contributed by atoms with Crippen molar-refractivity contribution in [3.8, 4) is 0 Å². The van der Waals surface area contributed by atoms with Gasteiger partial charge in [0.05, 0.1) is 0 Å². The minimum atomic E-state index is -0.0238. The second-order valence-electron chi connectivity index (χ2n) is 3.12. The van der Waals surface area contributed by atoms with Gasteiger partial charge in [-0.05, 0) is 37.5 Å². The Bertz CT molecular complexity index is 271. The molecule has 1 aromatic rings. The third-order valence-corrected chi connectivity index (χ3v) is 2.20. The molecule has 0 saturated carbocycles. The molecule has 0 saturated heterocycles. The molecule has 1 aromatic carbocycles. The number of hydrogen-bond acceptors (Lipinski definition) is 2. The molecule has 66 valence electrons. The van der Waals surface area contributed by atoms with Gasteiger partial charge in [0.1, 0.15) is 6.10 Å². The smallest absolute Gasteiger partial charge is 0.101 e. The molecular formula is C10H15NO. The molecule has 2 nitrogen and oxygen atoms in total. The summed E-state index contributed by atoms with van der Waals surface area (Å²) in [6.45, 7) is 6.11. The summed E-state index contributed by atoms with van der Waals surface area (Å²) in [7, 11) is 0. The van der Waals surface area contributed by atoms with Crippen LogP contribution in [0.1, 0.15) is 29.7 Å². The van der Waals surface area contributed by atoms with Crippen LogP contribution in [0.5, 0.6) is 0 Å². The fourth-order valence-electron chi connectivity index (χ4n) is 1.10. The van der Waals surface area contributed by atoms with Crippen molar-refractivity contribution in [1.29, 1.82) is 0 Å². The predicted octanol–water partition coefficient (Wildman–Crippen LogP) is 2.25. The maximum Gasteiger partial charge on any atom is 0.101 e. The van der Waals surface area contributed by atoms with Crippen molar-refractivity contribution in [2.45, 2.75) is 26.9 Å². The van der Waals surface area contributed by atoms with Gasteiger partial charge in [-0.2, -0.15) is 0 Å². The molecule has 0 spiro atoms. The van der Waals surface area contributed by atoms with E-state index in [9.17, 15) is 0 Å². The highest BCUT2D eigenvalue weighted by Gasteiger charge is 2.04. The molecule has 0 heterocycles. The fourth-order valence-corrected chi connectivity index (χ4v) is 1.10. The minimum Gasteiger partial charge on any atom is -0.297 e. The van der Waals surface area contributed by atoms with Gasteiger partial charge in [-0.15, -0.1) is 0 Å². The van der Waals surface area contributed by atoms with Crippen LogP contribution in [0.3, 0.4) is 0 Å². The van der Waals surface area contributed by atoms with Crippen molar-refractivity contribution >= 4 is 0 Å². The Balaban J connectivity index is 2.96. The average Bonchev–Trinajstić information content (AvgIpc) is 2.08. The zero-order chi connectivity index (χ0) is 9.14. The van der Waals surface area contributed by atoms with E-state index in [2.05, 4.69) is 26.0 Å². The Morgan fingerprint density at radius 2 is 1.92 bits per heavy atom. The number of nitrogens with two attached hydrogens (primary N) is 1. The Kier molecular flexibility index (Phi) is 2.84. The molecule has 0 bridgehead atoms. The lowest BCUT2D eigenvalue weighted by atomic mass is 10.0. The molecule has 1 unspecified atom stereocenters. The molecule has 0 aliphatic heterocycles. The Morgan fingerprint density at radius 1 is 1.25 bits per heavy atom. The van der Waals surface area contributed by atoms with Crippen LogP contribution in [0, 0.1) is 13.8 Å². The van der Waals surface area contributed by atoms with Gasteiger partial charge in [-0.25, -0.2) is 5.90 Å². The SMILES string of the molecule is Cc1ccc(C(C)ON)cc1C. The second-order valence-corrected chi connectivity index (χ2v) is 3.12. The lowest BCUT2D eigenvalue weighted by Gasteiger charge is -2.10. The maximum absolute atomic E-state index is 5.09. The molecular weight excluding hydrogens is 150 g/mol. The Hall–Kier alpha value is -0.860. The fraction of sp³-hybridized carbons (Fsp3) is 0.400. The number of aryl methyl sites for hydroxylation is 2. The molecule has 0 aliphatic carbocycles. The minimum absolute atomic E-state index is 0.0238. The van der Waals surface area contributed by atoms with Gasteiger partial charge in [0.2, 0.25) is 0 Å². The standard InChI is InChI=1S/C10H15NO/c1-7-4-5-10(6-8(7)2)9(3)12-11/h4-6,9H,11H2,1-3H3. The Morgan fingerprint density at radius 3 is 2.42 bits per heavy atom. The van der Waals surface area contributed by atoms with Crippen molar-refractivity contribution in [2.75, 3.05) is 0 Å². The highest BCUT2D eigenvalue weighted by molar-refractivity contribution is 5.30. The number of rotatable bonds is 2. The topological polar surface area (TPSA) is 35.2 Å². The van der Waals surface area contributed by atoms with Gasteiger partial charge >= 0.3 is 0 Å². The van der Waals surface area contributed by atoms with Gasteiger partial charge in [0, 0.05) is 0 Å². The first-order valence-corrected chi connectivity index (χ1v) is 4.08. The van der Waals surface area contributed by atoms with Crippen LogP contribution in [0.15, 0.2) is 18.2 Å². The predicted molar refractivity (Wildman–Crippen MR) is 49.6 cm³/mol. The molecule has 0 amide bonds. The summed E-state index contributed by atoms with van der Waals surface area (Å²) in [6, 6.07) is 6.23. The highest BCUT2D eigenvalue weighted by Crippen LogP contribution is 2.17. The third kappa shape index (κ3) is 1.84. The first-order valence-electron chi connectivity index (χ1n) is 4.08. The van der Waals surface area contributed by atoms with E-state index in [-0.39, 0.29) is 6.10 Å². The van der Waals surface area contributed by atoms with Gasteiger partial charge in [-0.3, -0.25) is 4.84 Å². The van der Waals surface area contributed by atoms with E-state index < -0.39 is 0 Å². The van der Waals surface area contributed by atoms with Crippen LogP contribution >= 0.6 is 0 Å². The van der Waals surface area contributed by atoms with Gasteiger partial charge < -0.3 is 0 Å². The summed E-state index contributed by atoms with van der Waals surface area (Å²) in [6.07, 6.45) is -0.0238. The number of benzene rings is 1. The summed E-state index contributed by atoms with van der Waals surface area (Å²) >= 11 is 0. The summed E-state index contributed by atoms with van der Waals surface area (Å²) in [4.78, 5) is 4.73. The van der Waals surface area contributed by atoms with E-state index in [1.165, 1.54) is 11.1 Å². The third-order valence-electron chi connectivity index (χ3n) is 2.20. The molecule has 1 atom stereocenters. The van der Waals surface area contributed by atoms with Crippen LogP contribution in [0.4, 0.5) is 0 Å². The number of hydrogen-bond donors (Lipinski definition) is 1. The molecule has 2 N–H and O–H groups in total. The average molecular weight is 165 g/mol. The van der Waals surface area contributed by atoms with E-state index in [1.807, 2.05) is 13.0 Å². The molecule has 0 fully saturated rings. The van der Waals surface area contributed by atoms with Crippen molar-refractivity contribution in [3.63, 3.8) is 0 Å². The zero-order valence-electron chi connectivity index (χ0n) is 7.79. The highest BCUT2D eigenvalue weighted by atomic mass is 16.6.